The van der Waals surface area contributed by atoms with Crippen molar-refractivity contribution in [3.05, 3.63) is 76.7 Å². The highest BCUT2D eigenvalue weighted by molar-refractivity contribution is 7.12. The van der Waals surface area contributed by atoms with E-state index in [9.17, 15) is 4.79 Å². The van der Waals surface area contributed by atoms with Crippen LogP contribution in [0.3, 0.4) is 0 Å². The Morgan fingerprint density at radius 3 is 2.71 bits per heavy atom. The van der Waals surface area contributed by atoms with E-state index in [0.29, 0.717) is 23.7 Å². The lowest BCUT2D eigenvalue weighted by molar-refractivity contribution is -0.135. The molecule has 178 valence electrons. The summed E-state index contributed by atoms with van der Waals surface area (Å²) in [6, 6.07) is 16.5. The van der Waals surface area contributed by atoms with Crippen molar-refractivity contribution >= 4 is 23.0 Å². The van der Waals surface area contributed by atoms with Crippen molar-refractivity contribution in [3.8, 4) is 22.9 Å². The Kier molecular flexibility index (Phi) is 6.40. The van der Waals surface area contributed by atoms with Crippen molar-refractivity contribution in [2.24, 2.45) is 5.10 Å². The number of carbonyl (C=O) groups excluding carboxylic acids is 1. The van der Waals surface area contributed by atoms with Gasteiger partial charge in [0.25, 0.3) is 5.91 Å². The van der Waals surface area contributed by atoms with Crippen molar-refractivity contribution in [1.29, 1.82) is 0 Å². The number of rotatable bonds is 8. The second-order valence-corrected chi connectivity index (χ2v) is 8.58. The summed E-state index contributed by atoms with van der Waals surface area (Å²) in [5.74, 6) is 1.48. The zero-order valence-electron chi connectivity index (χ0n) is 19.1. The van der Waals surface area contributed by atoms with Gasteiger partial charge in [-0.2, -0.15) is 5.10 Å². The smallest absolute Gasteiger partial charge is 0.281 e. The van der Waals surface area contributed by atoms with Gasteiger partial charge in [0.05, 0.1) is 36.5 Å². The van der Waals surface area contributed by atoms with E-state index in [1.165, 1.54) is 16.0 Å². The molecule has 10 nitrogen and oxygen atoms in total. The molecule has 1 atom stereocenters. The number of benzene rings is 2. The number of hydrogen-bond donors (Lipinski definition) is 0. The Labute approximate surface area is 205 Å². The first kappa shape index (κ1) is 22.5. The highest BCUT2D eigenvalue weighted by Crippen LogP contribution is 2.38. The third-order valence-corrected chi connectivity index (χ3v) is 6.48. The van der Waals surface area contributed by atoms with Crippen LogP contribution in [0.4, 0.5) is 0 Å². The molecule has 1 amide bonds. The van der Waals surface area contributed by atoms with E-state index in [0.717, 1.165) is 21.8 Å². The lowest BCUT2D eigenvalue weighted by Crippen LogP contribution is -2.31. The van der Waals surface area contributed by atoms with Crippen LogP contribution in [0.5, 0.6) is 17.2 Å². The van der Waals surface area contributed by atoms with E-state index in [1.807, 2.05) is 47.8 Å². The topological polar surface area (TPSA) is 104 Å². The number of tetrazole rings is 1. The van der Waals surface area contributed by atoms with Crippen molar-refractivity contribution in [3.63, 3.8) is 0 Å². The number of amides is 1. The van der Waals surface area contributed by atoms with Crippen molar-refractivity contribution in [2.45, 2.75) is 12.5 Å². The molecule has 35 heavy (non-hydrogen) atoms. The molecule has 2 aromatic heterocycles. The summed E-state index contributed by atoms with van der Waals surface area (Å²) in [4.78, 5) is 14.3. The van der Waals surface area contributed by atoms with E-state index in [4.69, 9.17) is 14.2 Å². The molecule has 0 radical (unpaired) electrons. The number of hydrazone groups is 1. The molecule has 0 spiro atoms. The molecule has 0 aliphatic carbocycles. The summed E-state index contributed by atoms with van der Waals surface area (Å²) < 4.78 is 18.2. The molecule has 1 aliphatic heterocycles. The van der Waals surface area contributed by atoms with Gasteiger partial charge in [0.2, 0.25) is 0 Å². The minimum Gasteiger partial charge on any atom is -0.493 e. The number of carbonyl (C=O) groups is 1. The van der Waals surface area contributed by atoms with Gasteiger partial charge in [0.1, 0.15) is 12.1 Å². The first-order valence-electron chi connectivity index (χ1n) is 10.8. The van der Waals surface area contributed by atoms with Crippen molar-refractivity contribution in [2.75, 3.05) is 20.8 Å². The highest BCUT2D eigenvalue weighted by Gasteiger charge is 2.34. The summed E-state index contributed by atoms with van der Waals surface area (Å²) in [7, 11) is 3.18. The van der Waals surface area contributed by atoms with Gasteiger partial charge in [-0.1, -0.05) is 18.2 Å². The van der Waals surface area contributed by atoms with Gasteiger partial charge < -0.3 is 14.2 Å². The standard InChI is InChI=1S/C24H22N6O4S/c1-32-21-9-8-16(11-22(21)33-2)20-13-19(23-7-4-10-35-23)26-30(20)24(31)14-34-18-6-3-5-17(12-18)29-15-25-27-28-29/h3-12,15,20H,13-14H2,1-2H3/t20-/m0/s1. The fourth-order valence-corrected chi connectivity index (χ4v) is 4.58. The van der Waals surface area contributed by atoms with Crippen LogP contribution in [0.2, 0.25) is 0 Å². The Bertz CT molecular complexity index is 1340. The molecule has 0 fully saturated rings. The normalized spacial score (nSPS) is 15.1. The summed E-state index contributed by atoms with van der Waals surface area (Å²) in [6.07, 6.45) is 2.07. The van der Waals surface area contributed by atoms with E-state index in [-0.39, 0.29) is 18.6 Å². The molecule has 0 unspecified atom stereocenters. The van der Waals surface area contributed by atoms with E-state index in [2.05, 4.69) is 20.6 Å². The Hall–Kier alpha value is -4.25. The van der Waals surface area contributed by atoms with Gasteiger partial charge in [-0.3, -0.25) is 4.79 Å². The van der Waals surface area contributed by atoms with E-state index in [1.54, 1.807) is 37.7 Å². The van der Waals surface area contributed by atoms with Crippen LogP contribution < -0.4 is 14.2 Å². The van der Waals surface area contributed by atoms with E-state index >= 15 is 0 Å². The van der Waals surface area contributed by atoms with Crippen LogP contribution in [-0.4, -0.2) is 57.7 Å². The number of hydrogen-bond acceptors (Lipinski definition) is 9. The molecule has 0 saturated heterocycles. The Balaban J connectivity index is 1.38. The minimum absolute atomic E-state index is 0.177. The van der Waals surface area contributed by atoms with Gasteiger partial charge in [-0.15, -0.1) is 16.4 Å². The van der Waals surface area contributed by atoms with Crippen LogP contribution in [0.1, 0.15) is 22.9 Å². The molecule has 4 aromatic rings. The molecule has 0 saturated carbocycles. The Morgan fingerprint density at radius 1 is 1.09 bits per heavy atom. The lowest BCUT2D eigenvalue weighted by Gasteiger charge is -2.23. The molecule has 0 bridgehead atoms. The van der Waals surface area contributed by atoms with Crippen LogP contribution in [0.15, 0.2) is 71.4 Å². The third-order valence-electron chi connectivity index (χ3n) is 5.56. The predicted octanol–water partition coefficient (Wildman–Crippen LogP) is 3.50. The average Bonchev–Trinajstić information content (AvgIpc) is 3.68. The Morgan fingerprint density at radius 2 is 1.97 bits per heavy atom. The number of aromatic nitrogens is 4. The van der Waals surface area contributed by atoms with Crippen molar-refractivity contribution in [1.82, 2.24) is 25.2 Å². The summed E-state index contributed by atoms with van der Waals surface area (Å²) in [5.41, 5.74) is 2.48. The maximum Gasteiger partial charge on any atom is 0.281 e. The van der Waals surface area contributed by atoms with Crippen LogP contribution in [-0.2, 0) is 4.79 Å². The SMILES string of the molecule is COc1ccc([C@@H]2CC(c3cccs3)=NN2C(=O)COc2cccc(-n3cnnn3)c2)cc1OC. The first-order chi connectivity index (χ1) is 17.2. The van der Waals surface area contributed by atoms with Crippen molar-refractivity contribution < 1.29 is 19.0 Å². The van der Waals surface area contributed by atoms with Gasteiger partial charge in [-0.05, 0) is 51.7 Å². The molecule has 3 heterocycles. The quantitative estimate of drug-likeness (QED) is 0.372. The molecule has 1 aliphatic rings. The molecular formula is C24H22N6O4S. The van der Waals surface area contributed by atoms with Gasteiger partial charge in [0.15, 0.2) is 18.1 Å². The largest absolute Gasteiger partial charge is 0.493 e. The molecule has 2 aromatic carbocycles. The van der Waals surface area contributed by atoms with Crippen LogP contribution in [0.25, 0.3) is 5.69 Å². The monoisotopic (exact) mass is 490 g/mol. The van der Waals surface area contributed by atoms with E-state index < -0.39 is 0 Å². The maximum atomic E-state index is 13.3. The number of nitrogens with zero attached hydrogens (tertiary/aromatic N) is 6. The number of ether oxygens (including phenoxy) is 3. The summed E-state index contributed by atoms with van der Waals surface area (Å²) >= 11 is 1.59. The highest BCUT2D eigenvalue weighted by atomic mass is 32.1. The maximum absolute atomic E-state index is 13.3. The zero-order valence-corrected chi connectivity index (χ0v) is 19.9. The first-order valence-corrected chi connectivity index (χ1v) is 11.7. The molecule has 5 rings (SSSR count). The number of thiophene rings is 1. The predicted molar refractivity (Wildman–Crippen MR) is 129 cm³/mol. The van der Waals surface area contributed by atoms with Gasteiger partial charge in [0, 0.05) is 12.5 Å². The summed E-state index contributed by atoms with van der Waals surface area (Å²) in [5, 5.41) is 19.3. The third kappa shape index (κ3) is 4.71. The molecular weight excluding hydrogens is 468 g/mol. The van der Waals surface area contributed by atoms with Crippen LogP contribution in [0, 0.1) is 0 Å². The fraction of sp³-hybridized carbons (Fsp3) is 0.208. The average molecular weight is 491 g/mol. The second-order valence-electron chi connectivity index (χ2n) is 7.64. The van der Waals surface area contributed by atoms with Gasteiger partial charge >= 0.3 is 0 Å². The minimum atomic E-state index is -0.296. The fourth-order valence-electron chi connectivity index (χ4n) is 3.86. The van der Waals surface area contributed by atoms with Crippen LogP contribution >= 0.6 is 11.3 Å². The second kappa shape index (κ2) is 9.94. The molecule has 0 N–H and O–H groups in total. The van der Waals surface area contributed by atoms with Gasteiger partial charge in [-0.25, -0.2) is 9.69 Å². The summed E-state index contributed by atoms with van der Waals surface area (Å²) in [6.45, 7) is -0.177. The lowest BCUT2D eigenvalue weighted by atomic mass is 10.0. The zero-order chi connectivity index (χ0) is 24.2. The number of methoxy groups -OCH3 is 2. The molecule has 11 heteroatoms.